The largest absolute Gasteiger partial charge is 0.463 e. The number of carbonyl (C=O) groups is 1. The fraction of sp³-hybridized carbons (Fsp3) is 0.500. The van der Waals surface area contributed by atoms with Crippen LogP contribution in [0.4, 0.5) is 0 Å². The van der Waals surface area contributed by atoms with Crippen LogP contribution in [0.2, 0.25) is 0 Å². The van der Waals surface area contributed by atoms with Crippen LogP contribution in [0.1, 0.15) is 52.0 Å². The van der Waals surface area contributed by atoms with E-state index in [4.69, 9.17) is 4.74 Å². The molecule has 0 saturated carbocycles. The van der Waals surface area contributed by atoms with Crippen LogP contribution in [0.3, 0.4) is 0 Å². The molecule has 0 N–H and O–H groups in total. The molecule has 0 aromatic heterocycles. The first kappa shape index (κ1) is 16.5. The summed E-state index contributed by atoms with van der Waals surface area (Å²) in [5.74, 6) is -0.250. The summed E-state index contributed by atoms with van der Waals surface area (Å²) >= 11 is 0. The van der Waals surface area contributed by atoms with Crippen molar-refractivity contribution in [3.05, 3.63) is 48.0 Å². The lowest BCUT2D eigenvalue weighted by molar-refractivity contribution is -0.137. The Morgan fingerprint density at radius 3 is 2.20 bits per heavy atom. The van der Waals surface area contributed by atoms with Crippen molar-refractivity contribution in [1.82, 2.24) is 0 Å². The lowest BCUT2D eigenvalue weighted by Gasteiger charge is -2.31. The zero-order chi connectivity index (χ0) is 14.8. The van der Waals surface area contributed by atoms with Gasteiger partial charge in [0.05, 0.1) is 6.61 Å². The van der Waals surface area contributed by atoms with Gasteiger partial charge in [-0.25, -0.2) is 4.79 Å². The molecule has 0 aliphatic heterocycles. The van der Waals surface area contributed by atoms with E-state index in [-0.39, 0.29) is 11.4 Å². The lowest BCUT2D eigenvalue weighted by atomic mass is 9.73. The fourth-order valence-electron chi connectivity index (χ4n) is 2.76. The number of ether oxygens (including phenoxy) is 1. The quantitative estimate of drug-likeness (QED) is 0.510. The van der Waals surface area contributed by atoms with E-state index in [2.05, 4.69) is 38.1 Å². The second-order valence-electron chi connectivity index (χ2n) is 5.11. The first-order chi connectivity index (χ1) is 9.68. The second-order valence-corrected chi connectivity index (χ2v) is 5.11. The maximum Gasteiger partial charge on any atom is 0.330 e. The molecule has 0 aliphatic rings. The highest BCUT2D eigenvalue weighted by molar-refractivity contribution is 5.82. The van der Waals surface area contributed by atoms with Gasteiger partial charge in [0.1, 0.15) is 0 Å². The van der Waals surface area contributed by atoms with Crippen LogP contribution in [-0.4, -0.2) is 12.6 Å². The van der Waals surface area contributed by atoms with E-state index >= 15 is 0 Å². The van der Waals surface area contributed by atoms with Gasteiger partial charge >= 0.3 is 5.97 Å². The summed E-state index contributed by atoms with van der Waals surface area (Å²) in [6.45, 7) is 6.62. The number of carbonyl (C=O) groups excluding carboxylic acids is 1. The Kier molecular flexibility index (Phi) is 7.06. The summed E-state index contributed by atoms with van der Waals surface area (Å²) in [5, 5.41) is 0. The van der Waals surface area contributed by atoms with Crippen molar-refractivity contribution in [3.8, 4) is 0 Å². The molecule has 0 heterocycles. The van der Waals surface area contributed by atoms with Crippen molar-refractivity contribution in [2.24, 2.45) is 0 Å². The second kappa shape index (κ2) is 8.57. The van der Waals surface area contributed by atoms with Crippen LogP contribution in [0.15, 0.2) is 42.5 Å². The molecule has 0 atom stereocenters. The van der Waals surface area contributed by atoms with Crippen LogP contribution >= 0.6 is 0 Å². The summed E-state index contributed by atoms with van der Waals surface area (Å²) in [5.41, 5.74) is 1.22. The number of benzene rings is 1. The van der Waals surface area contributed by atoms with Gasteiger partial charge in [-0.3, -0.25) is 0 Å². The first-order valence-electron chi connectivity index (χ1n) is 7.60. The van der Waals surface area contributed by atoms with Gasteiger partial charge in [-0.2, -0.15) is 0 Å². The third kappa shape index (κ3) is 4.52. The Labute approximate surface area is 122 Å². The van der Waals surface area contributed by atoms with Crippen molar-refractivity contribution in [1.29, 1.82) is 0 Å². The average molecular weight is 274 g/mol. The van der Waals surface area contributed by atoms with Gasteiger partial charge in [0, 0.05) is 11.5 Å². The van der Waals surface area contributed by atoms with E-state index in [1.807, 2.05) is 19.1 Å². The highest BCUT2D eigenvalue weighted by atomic mass is 16.5. The number of esters is 1. The van der Waals surface area contributed by atoms with Crippen molar-refractivity contribution in [3.63, 3.8) is 0 Å². The molecule has 1 rings (SSSR count). The molecule has 2 heteroatoms. The summed E-state index contributed by atoms with van der Waals surface area (Å²) < 4.78 is 5.00. The third-order valence-corrected chi connectivity index (χ3v) is 3.57. The van der Waals surface area contributed by atoms with Gasteiger partial charge in [0.15, 0.2) is 0 Å². The minimum absolute atomic E-state index is 0.0580. The number of allylic oxidation sites excluding steroid dienone is 1. The van der Waals surface area contributed by atoms with Gasteiger partial charge in [-0.05, 0) is 25.3 Å². The molecule has 0 fully saturated rings. The van der Waals surface area contributed by atoms with Gasteiger partial charge < -0.3 is 4.74 Å². The topological polar surface area (TPSA) is 26.3 Å². The van der Waals surface area contributed by atoms with E-state index < -0.39 is 0 Å². The Morgan fingerprint density at radius 2 is 1.70 bits per heavy atom. The predicted octanol–water partition coefficient (Wildman–Crippen LogP) is 4.64. The van der Waals surface area contributed by atoms with E-state index in [9.17, 15) is 4.79 Å². The van der Waals surface area contributed by atoms with Crippen molar-refractivity contribution >= 4 is 5.97 Å². The highest BCUT2D eigenvalue weighted by Crippen LogP contribution is 2.35. The molecule has 0 amide bonds. The normalized spacial score (nSPS) is 11.8. The van der Waals surface area contributed by atoms with Gasteiger partial charge in [-0.1, -0.05) is 63.1 Å². The van der Waals surface area contributed by atoms with Crippen molar-refractivity contribution in [2.75, 3.05) is 6.61 Å². The van der Waals surface area contributed by atoms with Gasteiger partial charge in [0.25, 0.3) is 0 Å². The minimum Gasteiger partial charge on any atom is -0.463 e. The Bertz CT molecular complexity index is 414. The molecule has 20 heavy (non-hydrogen) atoms. The molecule has 0 spiro atoms. The number of hydrogen-bond acceptors (Lipinski definition) is 2. The Hall–Kier alpha value is -1.57. The molecular weight excluding hydrogens is 248 g/mol. The molecule has 0 unspecified atom stereocenters. The smallest absolute Gasteiger partial charge is 0.330 e. The van der Waals surface area contributed by atoms with Crippen molar-refractivity contribution < 1.29 is 9.53 Å². The summed E-state index contributed by atoms with van der Waals surface area (Å²) in [7, 11) is 0. The molecule has 0 aliphatic carbocycles. The van der Waals surface area contributed by atoms with E-state index in [1.54, 1.807) is 6.08 Å². The number of rotatable bonds is 8. The standard InChI is InChI=1S/C18H26O2/c1-4-13-18(14-5-2,15-12-17(19)20-6-3)16-10-8-7-9-11-16/h7-12,15H,4-6,13-14H2,1-3H3/b15-12+. The van der Waals surface area contributed by atoms with Crippen LogP contribution in [0.25, 0.3) is 0 Å². The third-order valence-electron chi connectivity index (χ3n) is 3.57. The lowest BCUT2D eigenvalue weighted by Crippen LogP contribution is -2.24. The Balaban J connectivity index is 3.08. The molecule has 1 aromatic carbocycles. The Morgan fingerprint density at radius 1 is 1.10 bits per heavy atom. The summed E-state index contributed by atoms with van der Waals surface area (Å²) in [4.78, 5) is 11.6. The van der Waals surface area contributed by atoms with Gasteiger partial charge in [0.2, 0.25) is 0 Å². The molecule has 0 bridgehead atoms. The molecular formula is C18H26O2. The molecule has 110 valence electrons. The fourth-order valence-corrected chi connectivity index (χ4v) is 2.76. The maximum atomic E-state index is 11.6. The zero-order valence-electron chi connectivity index (χ0n) is 12.9. The monoisotopic (exact) mass is 274 g/mol. The van der Waals surface area contributed by atoms with Crippen LogP contribution in [0, 0.1) is 0 Å². The van der Waals surface area contributed by atoms with Crippen LogP contribution in [-0.2, 0) is 14.9 Å². The van der Waals surface area contributed by atoms with Crippen LogP contribution < -0.4 is 0 Å². The highest BCUT2D eigenvalue weighted by Gasteiger charge is 2.27. The van der Waals surface area contributed by atoms with E-state index in [0.717, 1.165) is 25.7 Å². The molecule has 0 saturated heterocycles. The maximum absolute atomic E-state index is 11.6. The van der Waals surface area contributed by atoms with E-state index in [1.165, 1.54) is 5.56 Å². The minimum atomic E-state index is -0.250. The number of hydrogen-bond donors (Lipinski definition) is 0. The zero-order valence-corrected chi connectivity index (χ0v) is 12.9. The summed E-state index contributed by atoms with van der Waals surface area (Å²) in [6, 6.07) is 10.5. The first-order valence-corrected chi connectivity index (χ1v) is 7.60. The van der Waals surface area contributed by atoms with Crippen LogP contribution in [0.5, 0.6) is 0 Å². The predicted molar refractivity (Wildman–Crippen MR) is 83.7 cm³/mol. The molecule has 2 nitrogen and oxygen atoms in total. The van der Waals surface area contributed by atoms with Crippen molar-refractivity contribution in [2.45, 2.75) is 51.9 Å². The van der Waals surface area contributed by atoms with E-state index in [0.29, 0.717) is 6.61 Å². The SMILES string of the molecule is CCCC(/C=C/C(=O)OCC)(CCC)c1ccccc1. The average Bonchev–Trinajstić information content (AvgIpc) is 2.46. The molecule has 0 radical (unpaired) electrons. The summed E-state index contributed by atoms with van der Waals surface area (Å²) in [6.07, 6.45) is 7.90. The molecule has 1 aromatic rings. The van der Waals surface area contributed by atoms with Gasteiger partial charge in [-0.15, -0.1) is 0 Å².